The van der Waals surface area contributed by atoms with E-state index in [0.29, 0.717) is 37.7 Å². The molecule has 0 aliphatic carbocycles. The molecule has 0 saturated carbocycles. The van der Waals surface area contributed by atoms with Gasteiger partial charge in [-0.3, -0.25) is 4.98 Å². The molecule has 0 radical (unpaired) electrons. The molecule has 0 N–H and O–H groups in total. The fourth-order valence-corrected chi connectivity index (χ4v) is 1.04. The Hall–Kier alpha value is -1.64. The normalized spacial score (nSPS) is 9.75. The Bertz CT molecular complexity index is 349. The molecule has 1 rings (SSSR count). The highest BCUT2D eigenvalue weighted by Crippen LogP contribution is 2.14. The molecule has 0 bridgehead atoms. The van der Waals surface area contributed by atoms with E-state index in [4.69, 9.17) is 19.5 Å². The summed E-state index contributed by atoms with van der Waals surface area (Å²) in [4.78, 5) is 3.88. The number of hydrogen-bond acceptors (Lipinski definition) is 5. The maximum atomic E-state index is 8.79. The second-order valence-corrected chi connectivity index (χ2v) is 2.94. The van der Waals surface area contributed by atoms with Crippen LogP contribution in [0.5, 0.6) is 5.75 Å². The van der Waals surface area contributed by atoms with Gasteiger partial charge in [-0.25, -0.2) is 0 Å². The predicted octanol–water partition coefficient (Wildman–Crippen LogP) is 0.995. The van der Waals surface area contributed by atoms with Crippen LogP contribution >= 0.6 is 0 Å². The minimum Gasteiger partial charge on any atom is -0.488 e. The number of nitrogens with zero attached hydrogens (tertiary/aromatic N) is 2. The van der Waals surface area contributed by atoms with Gasteiger partial charge >= 0.3 is 0 Å². The summed E-state index contributed by atoms with van der Waals surface area (Å²) in [6.07, 6.45) is 3.08. The lowest BCUT2D eigenvalue weighted by atomic mass is 10.3. The molecule has 16 heavy (non-hydrogen) atoms. The van der Waals surface area contributed by atoms with Crippen LogP contribution in [0.4, 0.5) is 0 Å². The fraction of sp³-hybridized carbons (Fsp3) is 0.455. The molecule has 1 heterocycles. The van der Waals surface area contributed by atoms with E-state index in [-0.39, 0.29) is 0 Å². The number of ether oxygens (including phenoxy) is 3. The van der Waals surface area contributed by atoms with Crippen molar-refractivity contribution in [3.63, 3.8) is 0 Å². The van der Waals surface area contributed by atoms with Gasteiger partial charge in [0.1, 0.15) is 12.7 Å². The molecule has 0 atom stereocenters. The number of methoxy groups -OCH3 is 1. The van der Waals surface area contributed by atoms with Gasteiger partial charge in [0.2, 0.25) is 0 Å². The van der Waals surface area contributed by atoms with Crippen molar-refractivity contribution in [2.75, 3.05) is 33.5 Å². The van der Waals surface area contributed by atoms with E-state index < -0.39 is 0 Å². The highest BCUT2D eigenvalue weighted by molar-refractivity contribution is 5.40. The second kappa shape index (κ2) is 7.63. The Morgan fingerprint density at radius 2 is 2.12 bits per heavy atom. The van der Waals surface area contributed by atoms with E-state index >= 15 is 0 Å². The molecule has 1 aromatic rings. The number of nitriles is 1. The van der Waals surface area contributed by atoms with Crippen molar-refractivity contribution in [2.45, 2.75) is 0 Å². The molecular weight excluding hydrogens is 208 g/mol. The molecular formula is C11H14N2O3. The molecule has 5 nitrogen and oxygen atoms in total. The maximum Gasteiger partial charge on any atom is 0.155 e. The lowest BCUT2D eigenvalue weighted by Crippen LogP contribution is -2.10. The van der Waals surface area contributed by atoms with Crippen molar-refractivity contribution < 1.29 is 14.2 Å². The van der Waals surface area contributed by atoms with E-state index in [2.05, 4.69) is 4.98 Å². The molecule has 0 unspecified atom stereocenters. The first-order valence-electron chi connectivity index (χ1n) is 4.92. The quantitative estimate of drug-likeness (QED) is 0.644. The highest BCUT2D eigenvalue weighted by Gasteiger charge is 2.01. The Morgan fingerprint density at radius 1 is 1.31 bits per heavy atom. The first-order chi connectivity index (χ1) is 7.88. The summed E-state index contributed by atoms with van der Waals surface area (Å²) in [6, 6.07) is 3.64. The largest absolute Gasteiger partial charge is 0.488 e. The number of aromatic nitrogens is 1. The Balaban J connectivity index is 2.24. The maximum absolute atomic E-state index is 8.79. The van der Waals surface area contributed by atoms with Crippen molar-refractivity contribution in [1.82, 2.24) is 4.98 Å². The second-order valence-electron chi connectivity index (χ2n) is 2.94. The Morgan fingerprint density at radius 3 is 2.88 bits per heavy atom. The van der Waals surface area contributed by atoms with Crippen molar-refractivity contribution in [1.29, 1.82) is 5.26 Å². The zero-order valence-electron chi connectivity index (χ0n) is 9.18. The van der Waals surface area contributed by atoms with Crippen LogP contribution in [0.1, 0.15) is 5.56 Å². The predicted molar refractivity (Wildman–Crippen MR) is 57.1 cm³/mol. The topological polar surface area (TPSA) is 64.4 Å². The molecule has 0 fully saturated rings. The summed E-state index contributed by atoms with van der Waals surface area (Å²) < 4.78 is 15.4. The molecule has 0 aromatic carbocycles. The van der Waals surface area contributed by atoms with Crippen LogP contribution in [0.2, 0.25) is 0 Å². The van der Waals surface area contributed by atoms with Crippen LogP contribution in [0.3, 0.4) is 0 Å². The van der Waals surface area contributed by atoms with Crippen LogP contribution in [-0.4, -0.2) is 38.5 Å². The number of hydrogen-bond donors (Lipinski definition) is 0. The minimum absolute atomic E-state index is 0.393. The summed E-state index contributed by atoms with van der Waals surface area (Å²) in [5, 5.41) is 8.79. The van der Waals surface area contributed by atoms with E-state index in [1.54, 1.807) is 19.4 Å². The van der Waals surface area contributed by atoms with Crippen LogP contribution < -0.4 is 4.74 Å². The SMILES string of the molecule is COCCOCCOc1cnccc1C#N. The van der Waals surface area contributed by atoms with Crippen molar-refractivity contribution in [3.8, 4) is 11.8 Å². The molecule has 86 valence electrons. The van der Waals surface area contributed by atoms with Crippen LogP contribution in [0.25, 0.3) is 0 Å². The van der Waals surface area contributed by atoms with E-state index in [1.165, 1.54) is 6.20 Å². The first-order valence-corrected chi connectivity index (χ1v) is 4.92. The van der Waals surface area contributed by atoms with Gasteiger partial charge in [-0.15, -0.1) is 0 Å². The van der Waals surface area contributed by atoms with Gasteiger partial charge < -0.3 is 14.2 Å². The van der Waals surface area contributed by atoms with Gasteiger partial charge in [0.15, 0.2) is 5.75 Å². The molecule has 1 aromatic heterocycles. The molecule has 0 aliphatic heterocycles. The zero-order valence-corrected chi connectivity index (χ0v) is 9.18. The third-order valence-electron chi connectivity index (χ3n) is 1.82. The third kappa shape index (κ3) is 4.26. The van der Waals surface area contributed by atoms with Crippen LogP contribution in [0, 0.1) is 11.3 Å². The third-order valence-corrected chi connectivity index (χ3v) is 1.82. The van der Waals surface area contributed by atoms with Gasteiger partial charge in [-0.2, -0.15) is 5.26 Å². The van der Waals surface area contributed by atoms with Crippen molar-refractivity contribution >= 4 is 0 Å². The van der Waals surface area contributed by atoms with E-state index in [9.17, 15) is 0 Å². The van der Waals surface area contributed by atoms with Gasteiger partial charge in [0.05, 0.1) is 31.6 Å². The lowest BCUT2D eigenvalue weighted by molar-refractivity contribution is 0.0543. The summed E-state index contributed by atoms with van der Waals surface area (Å²) >= 11 is 0. The van der Waals surface area contributed by atoms with Gasteiger partial charge in [-0.05, 0) is 6.07 Å². The number of pyridine rings is 1. The monoisotopic (exact) mass is 222 g/mol. The first kappa shape index (κ1) is 12.4. The molecule has 0 spiro atoms. The highest BCUT2D eigenvalue weighted by atomic mass is 16.5. The summed E-state index contributed by atoms with van der Waals surface area (Å²) in [5.41, 5.74) is 0.479. The average molecular weight is 222 g/mol. The average Bonchev–Trinajstić information content (AvgIpc) is 2.34. The summed E-state index contributed by atoms with van der Waals surface area (Å²) in [7, 11) is 1.62. The molecule has 5 heteroatoms. The van der Waals surface area contributed by atoms with E-state index in [0.717, 1.165) is 0 Å². The van der Waals surface area contributed by atoms with Gasteiger partial charge in [0, 0.05) is 13.3 Å². The van der Waals surface area contributed by atoms with E-state index in [1.807, 2.05) is 6.07 Å². The summed E-state index contributed by atoms with van der Waals surface area (Å²) in [5.74, 6) is 0.486. The van der Waals surface area contributed by atoms with Crippen LogP contribution in [-0.2, 0) is 9.47 Å². The van der Waals surface area contributed by atoms with Crippen molar-refractivity contribution in [2.24, 2.45) is 0 Å². The Kier molecular flexibility index (Phi) is 5.92. The van der Waals surface area contributed by atoms with Crippen molar-refractivity contribution in [3.05, 3.63) is 24.0 Å². The molecule has 0 aliphatic rings. The van der Waals surface area contributed by atoms with Gasteiger partial charge in [0.25, 0.3) is 0 Å². The Labute approximate surface area is 94.6 Å². The molecule has 0 saturated heterocycles. The number of rotatable bonds is 7. The zero-order chi connectivity index (χ0) is 11.6. The fourth-order valence-electron chi connectivity index (χ4n) is 1.04. The minimum atomic E-state index is 0.393. The van der Waals surface area contributed by atoms with Crippen LogP contribution in [0.15, 0.2) is 18.5 Å². The van der Waals surface area contributed by atoms with Gasteiger partial charge in [-0.1, -0.05) is 0 Å². The molecule has 0 amide bonds. The lowest BCUT2D eigenvalue weighted by Gasteiger charge is -2.07. The standard InChI is InChI=1S/C11H14N2O3/c1-14-4-5-15-6-7-16-11-9-13-3-2-10(11)8-12/h2-3,9H,4-7H2,1H3. The smallest absolute Gasteiger partial charge is 0.155 e. The summed E-state index contributed by atoms with van der Waals surface area (Å²) in [6.45, 7) is 1.96.